The molecule has 0 saturated carbocycles. The summed E-state index contributed by atoms with van der Waals surface area (Å²) < 4.78 is 4.93. The highest BCUT2D eigenvalue weighted by atomic mass is 32.1. The summed E-state index contributed by atoms with van der Waals surface area (Å²) in [5, 5.41) is 7.92. The second kappa shape index (κ2) is 8.08. The van der Waals surface area contributed by atoms with Crippen molar-refractivity contribution in [3.63, 3.8) is 0 Å². The highest BCUT2D eigenvalue weighted by Crippen LogP contribution is 2.34. The number of esters is 1. The highest BCUT2D eigenvalue weighted by Gasteiger charge is 2.23. The van der Waals surface area contributed by atoms with Gasteiger partial charge in [-0.2, -0.15) is 0 Å². The smallest absolute Gasteiger partial charge is 0.341 e. The first-order valence-corrected chi connectivity index (χ1v) is 9.15. The lowest BCUT2D eigenvalue weighted by atomic mass is 10.1. The normalized spacial score (nSPS) is 16.2. The second-order valence-electron chi connectivity index (χ2n) is 5.86. The predicted octanol–water partition coefficient (Wildman–Crippen LogP) is 2.79. The molecule has 1 aliphatic heterocycles. The van der Waals surface area contributed by atoms with Gasteiger partial charge in [-0.3, -0.25) is 0 Å². The Bertz CT molecular complexity index is 578. The molecule has 23 heavy (non-hydrogen) atoms. The van der Waals surface area contributed by atoms with Crippen LogP contribution in [0.25, 0.3) is 0 Å². The fourth-order valence-corrected chi connectivity index (χ4v) is 4.36. The number of hydrogen-bond acceptors (Lipinski definition) is 5. The molecule has 128 valence electrons. The Kier molecular flexibility index (Phi) is 6.38. The highest BCUT2D eigenvalue weighted by molar-refractivity contribution is 7.80. The van der Waals surface area contributed by atoms with Crippen molar-refractivity contribution in [3.8, 4) is 0 Å². The molecule has 0 spiro atoms. The van der Waals surface area contributed by atoms with Crippen LogP contribution < -0.4 is 10.6 Å². The van der Waals surface area contributed by atoms with Gasteiger partial charge in [-0.1, -0.05) is 6.92 Å². The van der Waals surface area contributed by atoms with Gasteiger partial charge in [-0.15, -0.1) is 11.3 Å². The number of carbonyl (C=O) groups is 1. The van der Waals surface area contributed by atoms with Gasteiger partial charge in [0.15, 0.2) is 5.11 Å². The molecule has 0 amide bonds. The molecule has 7 heteroatoms. The first-order valence-electron chi connectivity index (χ1n) is 7.92. The lowest BCUT2D eigenvalue weighted by Crippen LogP contribution is -2.44. The van der Waals surface area contributed by atoms with Crippen molar-refractivity contribution in [2.24, 2.45) is 0 Å². The SMILES string of the molecule is CCc1c(C)sc(NC(=S)NC2CCN(C)CC2)c1C(=O)OC. The van der Waals surface area contributed by atoms with Crippen LogP contribution in [0.4, 0.5) is 5.00 Å². The number of hydrogen-bond donors (Lipinski definition) is 2. The number of anilines is 1. The van der Waals surface area contributed by atoms with Gasteiger partial charge in [0.1, 0.15) is 5.00 Å². The minimum Gasteiger partial charge on any atom is -0.465 e. The van der Waals surface area contributed by atoms with Crippen LogP contribution in [0.5, 0.6) is 0 Å². The standard InChI is InChI=1S/C16H25N3O2S2/c1-5-12-10(2)23-14(13(12)15(20)21-4)18-16(22)17-11-6-8-19(3)9-7-11/h11H,5-9H2,1-4H3,(H2,17,18,22). The number of thiophene rings is 1. The number of rotatable bonds is 4. The molecule has 1 fully saturated rings. The Morgan fingerprint density at radius 2 is 2.09 bits per heavy atom. The van der Waals surface area contributed by atoms with Crippen molar-refractivity contribution in [1.29, 1.82) is 0 Å². The number of ether oxygens (including phenoxy) is 1. The van der Waals surface area contributed by atoms with Crippen molar-refractivity contribution in [1.82, 2.24) is 10.2 Å². The zero-order chi connectivity index (χ0) is 17.0. The zero-order valence-electron chi connectivity index (χ0n) is 14.2. The third-order valence-electron chi connectivity index (χ3n) is 4.23. The fraction of sp³-hybridized carbons (Fsp3) is 0.625. The number of piperidine rings is 1. The zero-order valence-corrected chi connectivity index (χ0v) is 15.8. The predicted molar refractivity (Wildman–Crippen MR) is 99.6 cm³/mol. The topological polar surface area (TPSA) is 53.6 Å². The number of likely N-dealkylation sites (tertiary alicyclic amines) is 1. The molecule has 0 aromatic carbocycles. The van der Waals surface area contributed by atoms with E-state index in [4.69, 9.17) is 17.0 Å². The third-order valence-corrected chi connectivity index (χ3v) is 5.52. The van der Waals surface area contributed by atoms with Crippen LogP contribution in [-0.4, -0.2) is 49.3 Å². The number of nitrogens with zero attached hydrogens (tertiary/aromatic N) is 1. The van der Waals surface area contributed by atoms with Crippen LogP contribution in [0.1, 0.15) is 40.6 Å². The molecule has 0 radical (unpaired) electrons. The maximum atomic E-state index is 12.1. The first kappa shape index (κ1) is 18.2. The summed E-state index contributed by atoms with van der Waals surface area (Å²) in [6.45, 7) is 6.21. The average molecular weight is 356 g/mol. The summed E-state index contributed by atoms with van der Waals surface area (Å²) >= 11 is 6.99. The summed E-state index contributed by atoms with van der Waals surface area (Å²) in [6.07, 6.45) is 2.95. The Balaban J connectivity index is 2.07. The van der Waals surface area contributed by atoms with Crippen molar-refractivity contribution in [3.05, 3.63) is 16.0 Å². The minimum atomic E-state index is -0.309. The molecule has 1 aromatic heterocycles. The maximum absolute atomic E-state index is 12.1. The van der Waals surface area contributed by atoms with E-state index in [1.807, 2.05) is 13.8 Å². The summed E-state index contributed by atoms with van der Waals surface area (Å²) in [5.74, 6) is -0.309. The molecule has 1 saturated heterocycles. The van der Waals surface area contributed by atoms with Crippen molar-refractivity contribution >= 4 is 39.6 Å². The van der Waals surface area contributed by atoms with Crippen LogP contribution in [0.3, 0.4) is 0 Å². The first-order chi connectivity index (χ1) is 11.0. The van der Waals surface area contributed by atoms with Crippen LogP contribution in [-0.2, 0) is 11.2 Å². The molecule has 5 nitrogen and oxygen atoms in total. The van der Waals surface area contributed by atoms with Crippen LogP contribution in [0.2, 0.25) is 0 Å². The Hall–Kier alpha value is -1.18. The quantitative estimate of drug-likeness (QED) is 0.640. The Morgan fingerprint density at radius 1 is 1.43 bits per heavy atom. The number of nitrogens with one attached hydrogen (secondary N) is 2. The Morgan fingerprint density at radius 3 is 2.65 bits per heavy atom. The minimum absolute atomic E-state index is 0.309. The number of carbonyl (C=O) groups excluding carboxylic acids is 1. The van der Waals surface area contributed by atoms with Crippen LogP contribution in [0.15, 0.2) is 0 Å². The van der Waals surface area contributed by atoms with Gasteiger partial charge in [-0.05, 0) is 64.1 Å². The lowest BCUT2D eigenvalue weighted by molar-refractivity contribution is 0.0601. The number of methoxy groups -OCH3 is 1. The van der Waals surface area contributed by atoms with E-state index in [1.165, 1.54) is 7.11 Å². The molecule has 0 atom stereocenters. The summed E-state index contributed by atoms with van der Waals surface area (Å²) in [4.78, 5) is 15.6. The van der Waals surface area contributed by atoms with Crippen LogP contribution >= 0.6 is 23.6 Å². The van der Waals surface area contributed by atoms with Crippen LogP contribution in [0, 0.1) is 6.92 Å². The van der Waals surface area contributed by atoms with E-state index >= 15 is 0 Å². The summed E-state index contributed by atoms with van der Waals surface area (Å²) in [7, 11) is 3.55. The van der Waals surface area contributed by atoms with E-state index < -0.39 is 0 Å². The molecule has 2 N–H and O–H groups in total. The largest absolute Gasteiger partial charge is 0.465 e. The molecule has 2 heterocycles. The molecule has 0 bridgehead atoms. The van der Waals surface area contributed by atoms with Crippen molar-refractivity contribution in [2.45, 2.75) is 39.2 Å². The van der Waals surface area contributed by atoms with E-state index in [9.17, 15) is 4.79 Å². The summed E-state index contributed by atoms with van der Waals surface area (Å²) in [6, 6.07) is 0.388. The van der Waals surface area contributed by atoms with E-state index in [0.717, 1.165) is 47.8 Å². The summed E-state index contributed by atoms with van der Waals surface area (Å²) in [5.41, 5.74) is 1.65. The van der Waals surface area contributed by atoms with Gasteiger partial charge in [0.2, 0.25) is 0 Å². The van der Waals surface area contributed by atoms with E-state index in [-0.39, 0.29) is 5.97 Å². The molecule has 1 aromatic rings. The van der Waals surface area contributed by atoms with Gasteiger partial charge in [0.05, 0.1) is 12.7 Å². The van der Waals surface area contributed by atoms with Gasteiger partial charge in [-0.25, -0.2) is 4.79 Å². The molecular weight excluding hydrogens is 330 g/mol. The maximum Gasteiger partial charge on any atom is 0.341 e. The van der Waals surface area contributed by atoms with Crippen molar-refractivity contribution < 1.29 is 9.53 Å². The van der Waals surface area contributed by atoms with Gasteiger partial charge in [0, 0.05) is 10.9 Å². The molecular formula is C16H25N3O2S2. The second-order valence-corrected chi connectivity index (χ2v) is 7.50. The van der Waals surface area contributed by atoms with E-state index in [0.29, 0.717) is 16.7 Å². The third kappa shape index (κ3) is 4.43. The lowest BCUT2D eigenvalue weighted by Gasteiger charge is -2.30. The molecule has 1 aliphatic rings. The van der Waals surface area contributed by atoms with Gasteiger partial charge >= 0.3 is 5.97 Å². The molecule has 0 unspecified atom stereocenters. The Labute approximate surface area is 147 Å². The number of aryl methyl sites for hydroxylation is 1. The average Bonchev–Trinajstić information content (AvgIpc) is 2.83. The van der Waals surface area contributed by atoms with E-state index in [2.05, 4.69) is 22.6 Å². The fourth-order valence-electron chi connectivity index (χ4n) is 2.89. The van der Waals surface area contributed by atoms with Crippen molar-refractivity contribution in [2.75, 3.05) is 32.6 Å². The molecule has 0 aliphatic carbocycles. The van der Waals surface area contributed by atoms with Gasteiger partial charge in [0.25, 0.3) is 0 Å². The van der Waals surface area contributed by atoms with E-state index in [1.54, 1.807) is 11.3 Å². The number of thiocarbonyl (C=S) groups is 1. The monoisotopic (exact) mass is 355 g/mol. The van der Waals surface area contributed by atoms with Gasteiger partial charge < -0.3 is 20.3 Å². The molecule has 2 rings (SSSR count).